The lowest BCUT2D eigenvalue weighted by Gasteiger charge is -2.05. The highest BCUT2D eigenvalue weighted by molar-refractivity contribution is 6.06. The zero-order valence-corrected chi connectivity index (χ0v) is 9.51. The predicted molar refractivity (Wildman–Crippen MR) is 64.7 cm³/mol. The molecule has 90 valence electrons. The van der Waals surface area contributed by atoms with Gasteiger partial charge in [-0.25, -0.2) is 9.59 Å². The van der Waals surface area contributed by atoms with E-state index in [0.717, 1.165) is 5.39 Å². The van der Waals surface area contributed by atoms with E-state index in [1.807, 2.05) is 6.07 Å². The number of para-hydroxylation sites is 1. The van der Waals surface area contributed by atoms with Gasteiger partial charge in [-0.05, 0) is 12.1 Å². The van der Waals surface area contributed by atoms with Crippen LogP contribution in [-0.2, 0) is 4.74 Å². The van der Waals surface area contributed by atoms with Crippen LogP contribution in [-0.4, -0.2) is 27.7 Å². The van der Waals surface area contributed by atoms with Crippen molar-refractivity contribution in [3.63, 3.8) is 0 Å². The molecule has 0 aliphatic heterocycles. The van der Waals surface area contributed by atoms with Crippen LogP contribution in [0.5, 0.6) is 0 Å². The number of methoxy groups -OCH3 is 1. The Balaban J connectivity index is 2.52. The Morgan fingerprint density at radius 3 is 3.00 bits per heavy atom. The third kappa shape index (κ3) is 1.32. The van der Waals surface area contributed by atoms with E-state index in [2.05, 4.69) is 10.1 Å². The van der Waals surface area contributed by atoms with Gasteiger partial charge in [-0.3, -0.25) is 0 Å². The molecule has 0 saturated heterocycles. The minimum atomic E-state index is -0.486. The van der Waals surface area contributed by atoms with Gasteiger partial charge in [-0.15, -0.1) is 0 Å². The number of carbonyl (C=O) groups is 1. The number of esters is 1. The van der Waals surface area contributed by atoms with Gasteiger partial charge in [0.2, 0.25) is 0 Å². The first-order valence-electron chi connectivity index (χ1n) is 5.29. The number of carbonyl (C=O) groups excluding carboxylic acids is 1. The normalized spacial score (nSPS) is 10.9. The molecular weight excluding hydrogens is 234 g/mol. The highest BCUT2D eigenvalue weighted by Crippen LogP contribution is 2.20. The molecule has 0 radical (unpaired) electrons. The maximum absolute atomic E-state index is 11.8. The first kappa shape index (κ1) is 10.5. The Morgan fingerprint density at radius 2 is 2.22 bits per heavy atom. The third-order valence-corrected chi connectivity index (χ3v) is 2.81. The number of hydrogen-bond acceptors (Lipinski definition) is 4. The molecule has 6 heteroatoms. The van der Waals surface area contributed by atoms with Crippen molar-refractivity contribution in [2.75, 3.05) is 7.11 Å². The van der Waals surface area contributed by atoms with Gasteiger partial charge >= 0.3 is 11.7 Å². The van der Waals surface area contributed by atoms with Crippen molar-refractivity contribution in [1.29, 1.82) is 0 Å². The van der Waals surface area contributed by atoms with Crippen molar-refractivity contribution in [3.05, 3.63) is 46.5 Å². The lowest BCUT2D eigenvalue weighted by atomic mass is 10.1. The van der Waals surface area contributed by atoms with Crippen molar-refractivity contribution in [1.82, 2.24) is 14.6 Å². The Hall–Kier alpha value is -2.63. The quantitative estimate of drug-likeness (QED) is 0.646. The number of nitrogens with zero attached hydrogens (tertiary/aromatic N) is 2. The molecule has 2 heterocycles. The molecule has 0 aliphatic carbocycles. The molecule has 1 N–H and O–H groups in total. The van der Waals surface area contributed by atoms with Crippen LogP contribution in [0.3, 0.4) is 0 Å². The average molecular weight is 243 g/mol. The summed E-state index contributed by atoms with van der Waals surface area (Å²) in [6.07, 6.45) is 1.54. The molecule has 0 spiro atoms. The van der Waals surface area contributed by atoms with Crippen LogP contribution in [0.2, 0.25) is 0 Å². The maximum Gasteiger partial charge on any atom is 0.347 e. The smallest absolute Gasteiger partial charge is 0.347 e. The molecule has 0 atom stereocenters. The van der Waals surface area contributed by atoms with Crippen LogP contribution in [0, 0.1) is 0 Å². The predicted octanol–water partition coefficient (Wildman–Crippen LogP) is 0.962. The van der Waals surface area contributed by atoms with E-state index in [4.69, 9.17) is 4.74 Å². The minimum Gasteiger partial charge on any atom is -0.465 e. The zero-order valence-electron chi connectivity index (χ0n) is 9.51. The van der Waals surface area contributed by atoms with Gasteiger partial charge in [0.25, 0.3) is 0 Å². The van der Waals surface area contributed by atoms with Gasteiger partial charge in [0.15, 0.2) is 0 Å². The zero-order chi connectivity index (χ0) is 12.7. The third-order valence-electron chi connectivity index (χ3n) is 2.81. The lowest BCUT2D eigenvalue weighted by molar-refractivity contribution is 0.0603. The lowest BCUT2D eigenvalue weighted by Crippen LogP contribution is -2.18. The number of benzene rings is 1. The molecule has 0 aliphatic rings. The maximum atomic E-state index is 11.8. The largest absolute Gasteiger partial charge is 0.465 e. The number of nitrogens with one attached hydrogen (secondary N) is 1. The van der Waals surface area contributed by atoms with Crippen LogP contribution < -0.4 is 5.69 Å². The first-order chi connectivity index (χ1) is 8.72. The molecule has 0 fully saturated rings. The Bertz CT molecular complexity index is 816. The van der Waals surface area contributed by atoms with E-state index in [1.54, 1.807) is 18.2 Å². The summed E-state index contributed by atoms with van der Waals surface area (Å²) in [4.78, 5) is 26.1. The number of ether oxygens (including phenoxy) is 1. The molecule has 3 rings (SSSR count). The summed E-state index contributed by atoms with van der Waals surface area (Å²) in [5.74, 6) is -0.486. The van der Waals surface area contributed by atoms with Gasteiger partial charge in [0.05, 0.1) is 29.9 Å². The summed E-state index contributed by atoms with van der Waals surface area (Å²) < 4.78 is 5.95. The number of rotatable bonds is 1. The molecule has 0 unspecified atom stereocenters. The topological polar surface area (TPSA) is 76.5 Å². The molecular formula is C12H9N3O3. The molecule has 6 nitrogen and oxygen atoms in total. The first-order valence-corrected chi connectivity index (χ1v) is 5.29. The second-order valence-corrected chi connectivity index (χ2v) is 3.78. The number of hydrogen-bond donors (Lipinski definition) is 1. The van der Waals surface area contributed by atoms with Crippen LogP contribution in [0.4, 0.5) is 0 Å². The summed E-state index contributed by atoms with van der Waals surface area (Å²) >= 11 is 0. The Morgan fingerprint density at radius 1 is 1.39 bits per heavy atom. The molecule has 3 aromatic rings. The van der Waals surface area contributed by atoms with E-state index in [0.29, 0.717) is 16.6 Å². The molecule has 0 saturated carbocycles. The van der Waals surface area contributed by atoms with Gasteiger partial charge < -0.3 is 9.72 Å². The van der Waals surface area contributed by atoms with Gasteiger partial charge in [0.1, 0.15) is 0 Å². The van der Waals surface area contributed by atoms with Crippen molar-refractivity contribution in [3.8, 4) is 0 Å². The van der Waals surface area contributed by atoms with E-state index < -0.39 is 5.97 Å². The Labute approximate surface area is 101 Å². The Kier molecular flexibility index (Phi) is 2.16. The van der Waals surface area contributed by atoms with E-state index in [1.165, 1.54) is 17.8 Å². The van der Waals surface area contributed by atoms with Gasteiger partial charge in [0, 0.05) is 5.39 Å². The van der Waals surface area contributed by atoms with Crippen LogP contribution >= 0.6 is 0 Å². The van der Waals surface area contributed by atoms with Crippen molar-refractivity contribution >= 4 is 22.4 Å². The fourth-order valence-electron chi connectivity index (χ4n) is 2.01. The standard InChI is InChI=1S/C12H9N3O3/c1-18-11(16)8-4-2-3-7-9-5-6-13-15(9)12(17)14-10(7)8/h2-6H,1H3,(H,14,17). The SMILES string of the molecule is COC(=O)c1cccc2c1[nH]c(=O)n1nccc21. The van der Waals surface area contributed by atoms with E-state index in [9.17, 15) is 9.59 Å². The van der Waals surface area contributed by atoms with Crippen LogP contribution in [0.1, 0.15) is 10.4 Å². The summed E-state index contributed by atoms with van der Waals surface area (Å²) in [6, 6.07) is 6.88. The number of fused-ring (bicyclic) bond motifs is 3. The molecule has 18 heavy (non-hydrogen) atoms. The number of aromatic amines is 1. The summed E-state index contributed by atoms with van der Waals surface area (Å²) in [6.45, 7) is 0. The van der Waals surface area contributed by atoms with Crippen LogP contribution in [0.15, 0.2) is 35.3 Å². The monoisotopic (exact) mass is 243 g/mol. The molecule has 0 amide bonds. The van der Waals surface area contributed by atoms with Gasteiger partial charge in [-0.1, -0.05) is 12.1 Å². The van der Waals surface area contributed by atoms with Gasteiger partial charge in [-0.2, -0.15) is 9.61 Å². The molecule has 1 aromatic carbocycles. The summed E-state index contributed by atoms with van der Waals surface area (Å²) in [5.41, 5.74) is 1.05. The molecule has 0 bridgehead atoms. The highest BCUT2D eigenvalue weighted by atomic mass is 16.5. The average Bonchev–Trinajstić information content (AvgIpc) is 2.87. The second-order valence-electron chi connectivity index (χ2n) is 3.78. The van der Waals surface area contributed by atoms with E-state index in [-0.39, 0.29) is 5.69 Å². The molecule has 2 aromatic heterocycles. The highest BCUT2D eigenvalue weighted by Gasteiger charge is 2.13. The van der Waals surface area contributed by atoms with Crippen LogP contribution in [0.25, 0.3) is 16.4 Å². The van der Waals surface area contributed by atoms with Crippen molar-refractivity contribution in [2.45, 2.75) is 0 Å². The van der Waals surface area contributed by atoms with E-state index >= 15 is 0 Å². The van der Waals surface area contributed by atoms with Crippen molar-refractivity contribution in [2.24, 2.45) is 0 Å². The van der Waals surface area contributed by atoms with Crippen molar-refractivity contribution < 1.29 is 9.53 Å². The summed E-state index contributed by atoms with van der Waals surface area (Å²) in [5, 5.41) is 4.67. The second kappa shape index (κ2) is 3.69. The fraction of sp³-hybridized carbons (Fsp3) is 0.0833. The number of H-pyrrole nitrogens is 1. The minimum absolute atomic E-state index is 0.329. The fourth-order valence-corrected chi connectivity index (χ4v) is 2.01. The number of aromatic nitrogens is 3. The summed E-state index contributed by atoms with van der Waals surface area (Å²) in [7, 11) is 1.30.